The molecule has 2 aromatic heterocycles. The van der Waals surface area contributed by atoms with Gasteiger partial charge in [0.1, 0.15) is 10.8 Å². The Kier molecular flexibility index (Phi) is 18.4. The Hall–Kier alpha value is -3.75. The molecule has 0 aliphatic heterocycles. The Morgan fingerprint density at radius 2 is 1.36 bits per heavy atom. The predicted octanol–water partition coefficient (Wildman–Crippen LogP) is 8.85. The van der Waals surface area contributed by atoms with Gasteiger partial charge in [0.2, 0.25) is 0 Å². The standard InChI is InChI=1S/C29H25N3S.C5H13N.C2H6.2CH4O/c1-20-16-23(19-30-17-20)26-25-15-9-14-24(22-12-7-4-8-13-22)27(25)28(32-29(26)33-2)31-18-21-10-5-3-6-11-21;1-5(2,3)6-4;3*1-2/h3-17,19H,18H2,1-2H3,(H,31,32);6H,1-4H3;1-2H3;2*2H,1H3. The van der Waals surface area contributed by atoms with Crippen molar-refractivity contribution in [3.8, 4) is 22.3 Å². The van der Waals surface area contributed by atoms with Crippen molar-refractivity contribution in [3.05, 3.63) is 108 Å². The second kappa shape index (κ2) is 21.1. The summed E-state index contributed by atoms with van der Waals surface area (Å²) < 4.78 is 0. The lowest BCUT2D eigenvalue weighted by Crippen LogP contribution is -2.31. The summed E-state index contributed by atoms with van der Waals surface area (Å²) in [6, 6.07) is 29.7. The number of pyridine rings is 2. The van der Waals surface area contributed by atoms with E-state index in [1.807, 2.05) is 39.4 Å². The first-order chi connectivity index (χ1) is 21.8. The summed E-state index contributed by atoms with van der Waals surface area (Å²) in [6.07, 6.45) is 5.92. The van der Waals surface area contributed by atoms with Crippen LogP contribution in [0.25, 0.3) is 33.0 Å². The summed E-state index contributed by atoms with van der Waals surface area (Å²) in [5.74, 6) is 0.905. The minimum atomic E-state index is 0.292. The van der Waals surface area contributed by atoms with Gasteiger partial charge >= 0.3 is 0 Å². The van der Waals surface area contributed by atoms with Crippen molar-refractivity contribution >= 4 is 28.4 Å². The molecule has 0 saturated heterocycles. The first-order valence-electron chi connectivity index (χ1n) is 15.1. The molecule has 5 rings (SSSR count). The molecule has 0 radical (unpaired) electrons. The monoisotopic (exact) mass is 628 g/mol. The zero-order valence-corrected chi connectivity index (χ0v) is 29.5. The molecule has 4 N–H and O–H groups in total. The second-order valence-corrected chi connectivity index (χ2v) is 11.3. The lowest BCUT2D eigenvalue weighted by molar-refractivity contribution is 0.399. The van der Waals surface area contributed by atoms with Crippen LogP contribution in [0, 0.1) is 6.92 Å². The van der Waals surface area contributed by atoms with Crippen LogP contribution < -0.4 is 10.6 Å². The number of aliphatic hydroxyl groups excluding tert-OH is 2. The van der Waals surface area contributed by atoms with Crippen molar-refractivity contribution in [2.45, 2.75) is 58.7 Å². The number of hydrogen-bond acceptors (Lipinski definition) is 7. The molecule has 242 valence electrons. The average molecular weight is 629 g/mol. The quantitative estimate of drug-likeness (QED) is 0.140. The number of rotatable bonds is 6. The van der Waals surface area contributed by atoms with Gasteiger partial charge in [0.15, 0.2) is 0 Å². The van der Waals surface area contributed by atoms with E-state index in [-0.39, 0.29) is 0 Å². The minimum absolute atomic E-state index is 0.292. The maximum atomic E-state index is 7.00. The SMILES string of the molecule is CC.CNC(C)(C)C.CO.CO.CSc1nc(NCc2ccccc2)c2c(-c3ccccc3)cccc2c1-c1cncc(C)c1. The van der Waals surface area contributed by atoms with Gasteiger partial charge in [0.25, 0.3) is 0 Å². The molecular weight excluding hydrogens is 577 g/mol. The Morgan fingerprint density at radius 3 is 1.89 bits per heavy atom. The molecule has 0 aliphatic rings. The third-order valence-corrected chi connectivity index (χ3v) is 7.17. The van der Waals surface area contributed by atoms with Gasteiger partial charge in [-0.1, -0.05) is 92.7 Å². The van der Waals surface area contributed by atoms with E-state index in [9.17, 15) is 0 Å². The van der Waals surface area contributed by atoms with Crippen molar-refractivity contribution in [1.82, 2.24) is 15.3 Å². The molecule has 5 aromatic rings. The third kappa shape index (κ3) is 11.9. The van der Waals surface area contributed by atoms with Crippen LogP contribution in [0.3, 0.4) is 0 Å². The molecule has 0 fully saturated rings. The summed E-state index contributed by atoms with van der Waals surface area (Å²) in [5, 5.41) is 24.1. The fourth-order valence-corrected chi connectivity index (χ4v) is 4.85. The lowest BCUT2D eigenvalue weighted by atomic mass is 9.94. The second-order valence-electron chi connectivity index (χ2n) is 10.5. The first kappa shape index (κ1) is 39.3. The number of aliphatic hydroxyl groups is 2. The summed E-state index contributed by atoms with van der Waals surface area (Å²) in [6.45, 7) is 13.2. The third-order valence-electron chi connectivity index (χ3n) is 6.49. The van der Waals surface area contributed by atoms with E-state index in [2.05, 4.69) is 128 Å². The van der Waals surface area contributed by atoms with Crippen LogP contribution >= 0.6 is 11.8 Å². The van der Waals surface area contributed by atoms with Crippen molar-refractivity contribution in [2.75, 3.05) is 32.8 Å². The summed E-state index contributed by atoms with van der Waals surface area (Å²) in [5.41, 5.74) is 7.23. The van der Waals surface area contributed by atoms with Crippen molar-refractivity contribution < 1.29 is 10.2 Å². The van der Waals surface area contributed by atoms with Crippen LogP contribution in [0.1, 0.15) is 45.7 Å². The van der Waals surface area contributed by atoms with E-state index in [4.69, 9.17) is 15.2 Å². The van der Waals surface area contributed by atoms with Crippen LogP contribution in [0.5, 0.6) is 0 Å². The van der Waals surface area contributed by atoms with Crippen LogP contribution in [0.2, 0.25) is 0 Å². The zero-order valence-electron chi connectivity index (χ0n) is 28.6. The number of nitrogens with one attached hydrogen (secondary N) is 2. The molecule has 3 aromatic carbocycles. The maximum absolute atomic E-state index is 7.00. The molecule has 0 unspecified atom stereocenters. The summed E-state index contributed by atoms with van der Waals surface area (Å²) in [7, 11) is 3.96. The number of thioether (sulfide) groups is 1. The number of anilines is 1. The highest BCUT2D eigenvalue weighted by atomic mass is 32.2. The van der Waals surface area contributed by atoms with Gasteiger partial charge in [0, 0.05) is 55.2 Å². The van der Waals surface area contributed by atoms with Gasteiger partial charge in [-0.3, -0.25) is 4.98 Å². The van der Waals surface area contributed by atoms with Crippen LogP contribution in [0.4, 0.5) is 5.82 Å². The molecule has 45 heavy (non-hydrogen) atoms. The fraction of sp³-hybridized carbons (Fsp3) is 0.316. The van der Waals surface area contributed by atoms with E-state index in [1.54, 1.807) is 11.8 Å². The van der Waals surface area contributed by atoms with Gasteiger partial charge in [-0.25, -0.2) is 4.98 Å². The van der Waals surface area contributed by atoms with Crippen molar-refractivity contribution in [1.29, 1.82) is 0 Å². The molecule has 0 aliphatic carbocycles. The Bertz CT molecular complexity index is 1520. The number of nitrogens with zero attached hydrogens (tertiary/aromatic N) is 2. The van der Waals surface area contributed by atoms with E-state index < -0.39 is 0 Å². The first-order valence-corrected chi connectivity index (χ1v) is 16.4. The van der Waals surface area contributed by atoms with Crippen molar-refractivity contribution in [2.24, 2.45) is 0 Å². The zero-order chi connectivity index (χ0) is 33.8. The molecule has 7 heteroatoms. The molecule has 0 bridgehead atoms. The van der Waals surface area contributed by atoms with Gasteiger partial charge in [-0.05, 0) is 74.7 Å². The molecule has 0 saturated carbocycles. The summed E-state index contributed by atoms with van der Waals surface area (Å²) in [4.78, 5) is 9.62. The topological polar surface area (TPSA) is 90.3 Å². The highest BCUT2D eigenvalue weighted by Gasteiger charge is 2.19. The van der Waals surface area contributed by atoms with Crippen LogP contribution in [-0.2, 0) is 6.54 Å². The number of aryl methyl sites for hydroxylation is 1. The van der Waals surface area contributed by atoms with E-state index in [0.29, 0.717) is 12.1 Å². The van der Waals surface area contributed by atoms with Crippen LogP contribution in [-0.4, -0.2) is 53.2 Å². The number of aromatic nitrogens is 2. The van der Waals surface area contributed by atoms with Gasteiger partial charge in [-0.15, -0.1) is 11.8 Å². The van der Waals surface area contributed by atoms with Crippen molar-refractivity contribution in [3.63, 3.8) is 0 Å². The smallest absolute Gasteiger partial charge is 0.136 e. The number of hydrogen-bond donors (Lipinski definition) is 4. The molecule has 0 spiro atoms. The van der Waals surface area contributed by atoms with E-state index in [1.165, 1.54) is 22.1 Å². The minimum Gasteiger partial charge on any atom is -0.400 e. The highest BCUT2D eigenvalue weighted by molar-refractivity contribution is 7.98. The number of benzene rings is 3. The molecule has 2 heterocycles. The lowest BCUT2D eigenvalue weighted by Gasteiger charge is -2.19. The predicted molar refractivity (Wildman–Crippen MR) is 197 cm³/mol. The highest BCUT2D eigenvalue weighted by Crippen LogP contribution is 2.42. The normalized spacial score (nSPS) is 10.0. The van der Waals surface area contributed by atoms with Crippen LogP contribution in [0.15, 0.2) is 102 Å². The molecule has 0 amide bonds. The fourth-order valence-electron chi connectivity index (χ4n) is 4.23. The molecule has 6 nitrogen and oxygen atoms in total. The molecule has 0 atom stereocenters. The van der Waals surface area contributed by atoms with Gasteiger partial charge in [-0.2, -0.15) is 0 Å². The molecular formula is C38H52N4O2S. The summed E-state index contributed by atoms with van der Waals surface area (Å²) >= 11 is 1.67. The largest absolute Gasteiger partial charge is 0.400 e. The Morgan fingerprint density at radius 1 is 0.778 bits per heavy atom. The van der Waals surface area contributed by atoms with Gasteiger partial charge < -0.3 is 20.8 Å². The average Bonchev–Trinajstić information content (AvgIpc) is 3.10. The number of fused-ring (bicyclic) bond motifs is 1. The van der Waals surface area contributed by atoms with Gasteiger partial charge in [0.05, 0.1) is 0 Å². The van der Waals surface area contributed by atoms with E-state index in [0.717, 1.165) is 47.1 Å². The Labute approximate surface area is 275 Å². The Balaban J connectivity index is 0.000000738. The maximum Gasteiger partial charge on any atom is 0.136 e. The van der Waals surface area contributed by atoms with E-state index >= 15 is 0 Å².